The van der Waals surface area contributed by atoms with Gasteiger partial charge in [-0.3, -0.25) is 4.79 Å². The third kappa shape index (κ3) is 4.18. The molecule has 1 amide bonds. The van der Waals surface area contributed by atoms with E-state index in [0.717, 1.165) is 5.69 Å². The Labute approximate surface area is 148 Å². The molecule has 2 rings (SSSR count). The minimum absolute atomic E-state index is 0.0302. The zero-order valence-corrected chi connectivity index (χ0v) is 15.3. The summed E-state index contributed by atoms with van der Waals surface area (Å²) in [6.07, 6.45) is 0. The van der Waals surface area contributed by atoms with Crippen molar-refractivity contribution < 1.29 is 17.9 Å². The number of nitrogens with one attached hydrogen (secondary N) is 1. The molecule has 0 heterocycles. The highest BCUT2D eigenvalue weighted by atomic mass is 32.2. The number of methoxy groups -OCH3 is 1. The monoisotopic (exact) mass is 362 g/mol. The van der Waals surface area contributed by atoms with Gasteiger partial charge in [-0.05, 0) is 37.3 Å². The number of nitrogens with zero attached hydrogens (tertiary/aromatic N) is 1. The molecular formula is C18H22N2O4S. The van der Waals surface area contributed by atoms with Gasteiger partial charge in [0.15, 0.2) is 0 Å². The lowest BCUT2D eigenvalue weighted by molar-refractivity contribution is 0.0985. The van der Waals surface area contributed by atoms with E-state index in [2.05, 4.69) is 4.72 Å². The molecule has 25 heavy (non-hydrogen) atoms. The fourth-order valence-corrected chi connectivity index (χ4v) is 3.56. The smallest absolute Gasteiger partial charge is 0.262 e. The Morgan fingerprint density at radius 3 is 2.36 bits per heavy atom. The fraction of sp³-hybridized carbons (Fsp3) is 0.278. The number of hydrogen-bond donors (Lipinski definition) is 1. The molecule has 6 nitrogen and oxygen atoms in total. The highest BCUT2D eigenvalue weighted by Crippen LogP contribution is 2.26. The van der Waals surface area contributed by atoms with Crippen molar-refractivity contribution in [2.45, 2.75) is 18.7 Å². The summed E-state index contributed by atoms with van der Waals surface area (Å²) in [5.41, 5.74) is 0.934. The first-order chi connectivity index (χ1) is 11.9. The number of para-hydroxylation sites is 1. The number of carbonyl (C=O) groups is 1. The standard InChI is InChI=1S/C18H22N2O4S/c1-4-19-25(22,23)15-11-12-17(24-3)16(13-15)18(21)20(5-2)14-9-7-6-8-10-14/h6-13,19H,4-5H2,1-3H3. The summed E-state index contributed by atoms with van der Waals surface area (Å²) in [5, 5.41) is 0. The van der Waals surface area contributed by atoms with Crippen molar-refractivity contribution >= 4 is 21.6 Å². The number of carbonyl (C=O) groups excluding carboxylic acids is 1. The maximum absolute atomic E-state index is 13.0. The van der Waals surface area contributed by atoms with Crippen LogP contribution in [0.4, 0.5) is 5.69 Å². The summed E-state index contributed by atoms with van der Waals surface area (Å²) in [7, 11) is -2.22. The maximum atomic E-state index is 13.0. The number of anilines is 1. The van der Waals surface area contributed by atoms with Crippen LogP contribution >= 0.6 is 0 Å². The zero-order chi connectivity index (χ0) is 18.4. The molecule has 134 valence electrons. The molecule has 0 atom stereocenters. The minimum atomic E-state index is -3.66. The van der Waals surface area contributed by atoms with Crippen LogP contribution in [-0.2, 0) is 10.0 Å². The van der Waals surface area contributed by atoms with Crippen molar-refractivity contribution in [2.75, 3.05) is 25.1 Å². The lowest BCUT2D eigenvalue weighted by Gasteiger charge is -2.22. The quantitative estimate of drug-likeness (QED) is 0.822. The molecule has 0 unspecified atom stereocenters. The molecule has 2 aromatic rings. The van der Waals surface area contributed by atoms with Crippen LogP contribution in [0.5, 0.6) is 5.75 Å². The molecule has 7 heteroatoms. The van der Waals surface area contributed by atoms with Gasteiger partial charge in [-0.2, -0.15) is 0 Å². The summed E-state index contributed by atoms with van der Waals surface area (Å²) in [5.74, 6) is 0.00827. The van der Waals surface area contributed by atoms with Gasteiger partial charge in [-0.15, -0.1) is 0 Å². The molecule has 0 aliphatic carbocycles. The van der Waals surface area contributed by atoms with E-state index in [1.165, 1.54) is 25.3 Å². The van der Waals surface area contributed by atoms with Gasteiger partial charge in [0.1, 0.15) is 5.75 Å². The van der Waals surface area contributed by atoms with Crippen molar-refractivity contribution in [3.63, 3.8) is 0 Å². The van der Waals surface area contributed by atoms with Crippen LogP contribution in [0.15, 0.2) is 53.4 Å². The largest absolute Gasteiger partial charge is 0.496 e. The van der Waals surface area contributed by atoms with Gasteiger partial charge in [-0.25, -0.2) is 13.1 Å². The second-order valence-electron chi connectivity index (χ2n) is 5.25. The first kappa shape index (κ1) is 19.0. The summed E-state index contributed by atoms with van der Waals surface area (Å²) in [6.45, 7) is 4.26. The predicted octanol–water partition coefficient (Wildman–Crippen LogP) is 2.66. The first-order valence-corrected chi connectivity index (χ1v) is 9.47. The van der Waals surface area contributed by atoms with Crippen LogP contribution < -0.4 is 14.4 Å². The van der Waals surface area contributed by atoms with Crippen LogP contribution in [0, 0.1) is 0 Å². The van der Waals surface area contributed by atoms with Crippen molar-refractivity contribution in [3.8, 4) is 5.75 Å². The Morgan fingerprint density at radius 1 is 1.12 bits per heavy atom. The number of sulfonamides is 1. The second kappa shape index (κ2) is 8.13. The van der Waals surface area contributed by atoms with E-state index in [9.17, 15) is 13.2 Å². The highest BCUT2D eigenvalue weighted by Gasteiger charge is 2.23. The molecule has 0 radical (unpaired) electrons. The summed E-state index contributed by atoms with van der Waals surface area (Å²) >= 11 is 0. The van der Waals surface area contributed by atoms with Crippen LogP contribution in [0.1, 0.15) is 24.2 Å². The van der Waals surface area contributed by atoms with Crippen molar-refractivity contribution in [1.82, 2.24) is 4.72 Å². The molecule has 0 aromatic heterocycles. The first-order valence-electron chi connectivity index (χ1n) is 7.99. The average molecular weight is 362 g/mol. The van der Waals surface area contributed by atoms with Crippen molar-refractivity contribution in [3.05, 3.63) is 54.1 Å². The van der Waals surface area contributed by atoms with Gasteiger partial charge in [-0.1, -0.05) is 25.1 Å². The van der Waals surface area contributed by atoms with Crippen LogP contribution in [0.25, 0.3) is 0 Å². The lowest BCUT2D eigenvalue weighted by atomic mass is 10.1. The van der Waals surface area contributed by atoms with E-state index < -0.39 is 10.0 Å². The average Bonchev–Trinajstić information content (AvgIpc) is 2.62. The van der Waals surface area contributed by atoms with Crippen LogP contribution in [-0.4, -0.2) is 34.5 Å². The molecule has 0 bridgehead atoms. The van der Waals surface area contributed by atoms with Gasteiger partial charge >= 0.3 is 0 Å². The molecule has 1 N–H and O–H groups in total. The molecule has 0 spiro atoms. The third-order valence-electron chi connectivity index (χ3n) is 3.68. The Kier molecular flexibility index (Phi) is 6.17. The Hall–Kier alpha value is -2.38. The SMILES string of the molecule is CCNS(=O)(=O)c1ccc(OC)c(C(=O)N(CC)c2ccccc2)c1. The maximum Gasteiger partial charge on any atom is 0.262 e. The van der Waals surface area contributed by atoms with E-state index in [-0.39, 0.29) is 22.9 Å². The number of hydrogen-bond acceptors (Lipinski definition) is 4. The molecule has 0 aliphatic heterocycles. The van der Waals surface area contributed by atoms with E-state index in [0.29, 0.717) is 12.3 Å². The number of amides is 1. The lowest BCUT2D eigenvalue weighted by Crippen LogP contribution is -2.31. The number of rotatable bonds is 7. The second-order valence-corrected chi connectivity index (χ2v) is 7.02. The summed E-state index contributed by atoms with van der Waals surface area (Å²) in [4.78, 5) is 14.6. The molecule has 0 saturated heterocycles. The number of ether oxygens (including phenoxy) is 1. The molecule has 2 aromatic carbocycles. The van der Waals surface area contributed by atoms with Gasteiger partial charge in [0, 0.05) is 18.8 Å². The number of benzene rings is 2. The molecular weight excluding hydrogens is 340 g/mol. The van der Waals surface area contributed by atoms with Crippen LogP contribution in [0.3, 0.4) is 0 Å². The van der Waals surface area contributed by atoms with E-state index in [1.54, 1.807) is 11.8 Å². The van der Waals surface area contributed by atoms with Gasteiger partial charge in [0.05, 0.1) is 17.6 Å². The van der Waals surface area contributed by atoms with Crippen LogP contribution in [0.2, 0.25) is 0 Å². The third-order valence-corrected chi connectivity index (χ3v) is 5.22. The summed E-state index contributed by atoms with van der Waals surface area (Å²) < 4.78 is 32.2. The Bertz CT molecular complexity index is 835. The Balaban J connectivity index is 2.50. The molecule has 0 fully saturated rings. The normalized spacial score (nSPS) is 11.2. The van der Waals surface area contributed by atoms with Crippen molar-refractivity contribution in [2.24, 2.45) is 0 Å². The predicted molar refractivity (Wildman–Crippen MR) is 97.6 cm³/mol. The van der Waals surface area contributed by atoms with Gasteiger partial charge in [0.25, 0.3) is 5.91 Å². The zero-order valence-electron chi connectivity index (χ0n) is 14.5. The van der Waals surface area contributed by atoms with E-state index >= 15 is 0 Å². The Morgan fingerprint density at radius 2 is 1.80 bits per heavy atom. The summed E-state index contributed by atoms with van der Waals surface area (Å²) in [6, 6.07) is 13.5. The van der Waals surface area contributed by atoms with Gasteiger partial charge in [0.2, 0.25) is 10.0 Å². The van der Waals surface area contributed by atoms with E-state index in [1.807, 2.05) is 37.3 Å². The highest BCUT2D eigenvalue weighted by molar-refractivity contribution is 7.89. The topological polar surface area (TPSA) is 75.7 Å². The van der Waals surface area contributed by atoms with E-state index in [4.69, 9.17) is 4.74 Å². The molecule has 0 saturated carbocycles. The van der Waals surface area contributed by atoms with Gasteiger partial charge < -0.3 is 9.64 Å². The van der Waals surface area contributed by atoms with Crippen molar-refractivity contribution in [1.29, 1.82) is 0 Å². The minimum Gasteiger partial charge on any atom is -0.496 e. The fourth-order valence-electron chi connectivity index (χ4n) is 2.49. The molecule has 0 aliphatic rings.